The summed E-state index contributed by atoms with van der Waals surface area (Å²) in [5, 5.41) is 2.54. The average Bonchev–Trinajstić information content (AvgIpc) is 2.20. The zero-order valence-electron chi connectivity index (χ0n) is 8.33. The fraction of sp³-hybridized carbons (Fsp3) is 0.300. The summed E-state index contributed by atoms with van der Waals surface area (Å²) in [4.78, 5) is 11.3. The first-order chi connectivity index (χ1) is 6.69. The molecule has 3 N–H and O–H groups in total. The Morgan fingerprint density at radius 3 is 2.86 bits per heavy atom. The molecule has 1 aromatic carbocycles. The summed E-state index contributed by atoms with van der Waals surface area (Å²) < 4.78 is 5.17. The second-order valence-corrected chi connectivity index (χ2v) is 2.87. The number of hydrogen-bond donors (Lipinski definition) is 2. The molecule has 0 atom stereocenters. The van der Waals surface area contributed by atoms with Crippen molar-refractivity contribution in [2.24, 2.45) is 5.73 Å². The van der Waals surface area contributed by atoms with Gasteiger partial charge in [-0.1, -0.05) is 6.07 Å². The molecule has 0 saturated heterocycles. The van der Waals surface area contributed by atoms with Gasteiger partial charge in [0.25, 0.3) is 5.91 Å². The van der Waals surface area contributed by atoms with Gasteiger partial charge in [-0.05, 0) is 24.6 Å². The van der Waals surface area contributed by atoms with Gasteiger partial charge in [0.1, 0.15) is 12.5 Å². The van der Waals surface area contributed by atoms with E-state index >= 15 is 0 Å². The Morgan fingerprint density at radius 2 is 2.29 bits per heavy atom. The van der Waals surface area contributed by atoms with Gasteiger partial charge in [0.05, 0.1) is 0 Å². The first kappa shape index (κ1) is 10.5. The van der Waals surface area contributed by atoms with Crippen molar-refractivity contribution in [2.45, 2.75) is 6.92 Å². The smallest absolute Gasteiger partial charge is 0.251 e. The maximum absolute atomic E-state index is 11.3. The van der Waals surface area contributed by atoms with E-state index in [2.05, 4.69) is 5.32 Å². The monoisotopic (exact) mass is 194 g/mol. The van der Waals surface area contributed by atoms with Crippen LogP contribution in [0.15, 0.2) is 18.2 Å². The molecule has 0 unspecified atom stereocenters. The molecule has 0 bridgehead atoms. The molecule has 0 aliphatic heterocycles. The molecule has 4 nitrogen and oxygen atoms in total. The SMILES string of the molecule is CNC(=O)c1ccc(C)c(OCN)c1. The number of nitrogens with two attached hydrogens (primary N) is 1. The number of hydrogen-bond acceptors (Lipinski definition) is 3. The highest BCUT2D eigenvalue weighted by atomic mass is 16.5. The van der Waals surface area contributed by atoms with E-state index in [-0.39, 0.29) is 12.6 Å². The van der Waals surface area contributed by atoms with Crippen molar-refractivity contribution in [3.8, 4) is 5.75 Å². The summed E-state index contributed by atoms with van der Waals surface area (Å²) in [6.45, 7) is 2.01. The third kappa shape index (κ3) is 2.23. The number of aryl methyl sites for hydroxylation is 1. The van der Waals surface area contributed by atoms with Crippen LogP contribution in [0.2, 0.25) is 0 Å². The molecule has 0 aliphatic rings. The van der Waals surface area contributed by atoms with Crippen LogP contribution in [0.3, 0.4) is 0 Å². The van der Waals surface area contributed by atoms with Gasteiger partial charge < -0.3 is 10.1 Å². The van der Waals surface area contributed by atoms with E-state index in [1.165, 1.54) is 0 Å². The molecule has 1 aromatic rings. The van der Waals surface area contributed by atoms with Crippen LogP contribution in [0.5, 0.6) is 5.75 Å². The molecule has 0 aromatic heterocycles. The van der Waals surface area contributed by atoms with E-state index in [9.17, 15) is 4.79 Å². The summed E-state index contributed by atoms with van der Waals surface area (Å²) in [7, 11) is 1.59. The molecule has 14 heavy (non-hydrogen) atoms. The first-order valence-corrected chi connectivity index (χ1v) is 4.34. The van der Waals surface area contributed by atoms with Crippen LogP contribution in [0.25, 0.3) is 0 Å². The molecule has 0 heterocycles. The summed E-state index contributed by atoms with van der Waals surface area (Å²) in [5.74, 6) is 0.514. The minimum absolute atomic E-state index is 0.109. The van der Waals surface area contributed by atoms with E-state index in [0.717, 1.165) is 5.56 Å². The maximum atomic E-state index is 11.3. The number of rotatable bonds is 3. The van der Waals surface area contributed by atoms with Gasteiger partial charge in [-0.15, -0.1) is 0 Å². The molecule has 0 aliphatic carbocycles. The number of benzene rings is 1. The van der Waals surface area contributed by atoms with E-state index in [1.54, 1.807) is 19.2 Å². The highest BCUT2D eigenvalue weighted by molar-refractivity contribution is 5.94. The van der Waals surface area contributed by atoms with Gasteiger partial charge in [0, 0.05) is 12.6 Å². The van der Waals surface area contributed by atoms with Crippen molar-refractivity contribution in [1.82, 2.24) is 5.32 Å². The van der Waals surface area contributed by atoms with E-state index in [0.29, 0.717) is 11.3 Å². The lowest BCUT2D eigenvalue weighted by atomic mass is 10.1. The van der Waals surface area contributed by atoms with Gasteiger partial charge >= 0.3 is 0 Å². The predicted molar refractivity (Wildman–Crippen MR) is 54.3 cm³/mol. The Bertz CT molecular complexity index is 337. The fourth-order valence-electron chi connectivity index (χ4n) is 1.13. The van der Waals surface area contributed by atoms with Crippen LogP contribution >= 0.6 is 0 Å². The number of amides is 1. The third-order valence-corrected chi connectivity index (χ3v) is 1.92. The molecule has 76 valence electrons. The molecule has 0 fully saturated rings. The van der Waals surface area contributed by atoms with E-state index in [4.69, 9.17) is 10.5 Å². The number of carbonyl (C=O) groups is 1. The van der Waals surface area contributed by atoms with Gasteiger partial charge in [-0.2, -0.15) is 0 Å². The third-order valence-electron chi connectivity index (χ3n) is 1.92. The Hall–Kier alpha value is -1.55. The van der Waals surface area contributed by atoms with Crippen molar-refractivity contribution in [1.29, 1.82) is 0 Å². The standard InChI is InChI=1S/C10H14N2O2/c1-7-3-4-8(10(13)12-2)5-9(7)14-6-11/h3-5H,6,11H2,1-2H3,(H,12,13). The predicted octanol–water partition coefficient (Wildman–Crippen LogP) is 0.650. The van der Waals surface area contributed by atoms with Crippen LogP contribution < -0.4 is 15.8 Å². The second-order valence-electron chi connectivity index (χ2n) is 2.87. The van der Waals surface area contributed by atoms with Gasteiger partial charge in [0.15, 0.2) is 0 Å². The lowest BCUT2D eigenvalue weighted by molar-refractivity contribution is 0.0962. The van der Waals surface area contributed by atoms with Crippen molar-refractivity contribution < 1.29 is 9.53 Å². The summed E-state index contributed by atoms with van der Waals surface area (Å²) in [5.41, 5.74) is 6.80. The fourth-order valence-corrected chi connectivity index (χ4v) is 1.13. The Balaban J connectivity index is 2.99. The van der Waals surface area contributed by atoms with Gasteiger partial charge in [-0.25, -0.2) is 0 Å². The molecule has 0 radical (unpaired) electrons. The molecule has 0 saturated carbocycles. The highest BCUT2D eigenvalue weighted by Crippen LogP contribution is 2.18. The van der Waals surface area contributed by atoms with Crippen LogP contribution in [0, 0.1) is 6.92 Å². The van der Waals surface area contributed by atoms with E-state index in [1.807, 2.05) is 13.0 Å². The van der Waals surface area contributed by atoms with Gasteiger partial charge in [-0.3, -0.25) is 10.5 Å². The topological polar surface area (TPSA) is 64.3 Å². The second kappa shape index (κ2) is 4.62. The number of ether oxygens (including phenoxy) is 1. The zero-order chi connectivity index (χ0) is 10.6. The van der Waals surface area contributed by atoms with Crippen LogP contribution in [0.4, 0.5) is 0 Å². The largest absolute Gasteiger partial charge is 0.478 e. The number of carbonyl (C=O) groups excluding carboxylic acids is 1. The Labute approximate surface area is 83.1 Å². The van der Waals surface area contributed by atoms with Crippen molar-refractivity contribution in [3.63, 3.8) is 0 Å². The summed E-state index contributed by atoms with van der Waals surface area (Å²) >= 11 is 0. The maximum Gasteiger partial charge on any atom is 0.251 e. The van der Waals surface area contributed by atoms with Crippen LogP contribution in [-0.4, -0.2) is 19.7 Å². The first-order valence-electron chi connectivity index (χ1n) is 4.34. The lowest BCUT2D eigenvalue weighted by Gasteiger charge is -2.08. The molecule has 1 amide bonds. The molecular formula is C10H14N2O2. The quantitative estimate of drug-likeness (QED) is 0.694. The Kier molecular flexibility index (Phi) is 3.48. The van der Waals surface area contributed by atoms with Crippen LogP contribution in [0.1, 0.15) is 15.9 Å². The molecule has 1 rings (SSSR count). The summed E-state index contributed by atoms with van der Waals surface area (Å²) in [6.07, 6.45) is 0. The van der Waals surface area contributed by atoms with E-state index < -0.39 is 0 Å². The van der Waals surface area contributed by atoms with Gasteiger partial charge in [0.2, 0.25) is 0 Å². The highest BCUT2D eigenvalue weighted by Gasteiger charge is 2.06. The average molecular weight is 194 g/mol. The minimum atomic E-state index is -0.133. The van der Waals surface area contributed by atoms with Crippen LogP contribution in [-0.2, 0) is 0 Å². The molecule has 0 spiro atoms. The van der Waals surface area contributed by atoms with Crippen molar-refractivity contribution in [2.75, 3.05) is 13.8 Å². The Morgan fingerprint density at radius 1 is 1.57 bits per heavy atom. The van der Waals surface area contributed by atoms with Crippen molar-refractivity contribution in [3.05, 3.63) is 29.3 Å². The molecule has 4 heteroatoms. The molecular weight excluding hydrogens is 180 g/mol. The summed E-state index contributed by atoms with van der Waals surface area (Å²) in [6, 6.07) is 5.26. The van der Waals surface area contributed by atoms with Crippen molar-refractivity contribution >= 4 is 5.91 Å². The lowest BCUT2D eigenvalue weighted by Crippen LogP contribution is -2.18. The minimum Gasteiger partial charge on any atom is -0.478 e. The zero-order valence-corrected chi connectivity index (χ0v) is 8.33. The normalized spacial score (nSPS) is 9.64. The number of nitrogens with one attached hydrogen (secondary N) is 1.